The van der Waals surface area contributed by atoms with Gasteiger partial charge < -0.3 is 19.1 Å². The van der Waals surface area contributed by atoms with Gasteiger partial charge in [-0.3, -0.25) is 9.36 Å². The highest BCUT2D eigenvalue weighted by Gasteiger charge is 2.27. The molecule has 0 amide bonds. The van der Waals surface area contributed by atoms with Crippen molar-refractivity contribution in [2.24, 2.45) is 7.05 Å². The van der Waals surface area contributed by atoms with Gasteiger partial charge in [0.25, 0.3) is 11.4 Å². The van der Waals surface area contributed by atoms with Crippen molar-refractivity contribution in [3.8, 4) is 22.8 Å². The summed E-state index contributed by atoms with van der Waals surface area (Å²) in [6, 6.07) is 11.5. The molecule has 1 saturated heterocycles. The van der Waals surface area contributed by atoms with E-state index in [-0.39, 0.29) is 18.2 Å². The predicted octanol–water partition coefficient (Wildman–Crippen LogP) is 2.15. The third kappa shape index (κ3) is 4.62. The first-order valence-electron chi connectivity index (χ1n) is 11.3. The lowest BCUT2D eigenvalue weighted by Crippen LogP contribution is -2.53. The van der Waals surface area contributed by atoms with Crippen LogP contribution in [0.2, 0.25) is 0 Å². The molecule has 35 heavy (non-hydrogen) atoms. The topological polar surface area (TPSA) is 115 Å². The molecule has 11 heteroatoms. The second kappa shape index (κ2) is 9.63. The van der Waals surface area contributed by atoms with E-state index in [2.05, 4.69) is 49.0 Å². The summed E-state index contributed by atoms with van der Waals surface area (Å²) in [6.07, 6.45) is 3.10. The van der Waals surface area contributed by atoms with Crippen LogP contribution in [-0.2, 0) is 18.4 Å². The quantitative estimate of drug-likeness (QED) is 0.412. The molecule has 1 fully saturated rings. The molecule has 0 spiro atoms. The maximum absolute atomic E-state index is 12.7. The SMILES string of the molecule is COCc1nc(-c2ccc(N3CCN(c4nc(-c5ccncn5)cc(=O)n4C)[C@H](C)C3)cc2)no1. The molecule has 4 aromatic rings. The fraction of sp³-hybridized carbons (Fsp3) is 0.333. The summed E-state index contributed by atoms with van der Waals surface area (Å²) in [7, 11) is 3.34. The molecule has 1 aliphatic heterocycles. The molecule has 1 aliphatic rings. The molecular formula is C24H26N8O3. The van der Waals surface area contributed by atoms with Gasteiger partial charge in [0.15, 0.2) is 0 Å². The highest BCUT2D eigenvalue weighted by molar-refractivity contribution is 5.61. The van der Waals surface area contributed by atoms with Crippen LogP contribution >= 0.6 is 0 Å². The number of ether oxygens (including phenoxy) is 1. The first-order valence-corrected chi connectivity index (χ1v) is 11.3. The molecular weight excluding hydrogens is 448 g/mol. The summed E-state index contributed by atoms with van der Waals surface area (Å²) >= 11 is 0. The standard InChI is InChI=1S/C24H26N8O3/c1-16-13-31(18-6-4-17(5-7-18)23-28-21(14-34-3)35-29-23)10-11-32(16)24-27-20(12-22(33)30(24)2)19-8-9-25-15-26-19/h4-9,12,15-16H,10-11,13-14H2,1-3H3/t16-/m1/s1. The first-order chi connectivity index (χ1) is 17.0. The van der Waals surface area contributed by atoms with Crippen molar-refractivity contribution in [1.29, 1.82) is 0 Å². The average Bonchev–Trinajstić information content (AvgIpc) is 3.35. The summed E-state index contributed by atoms with van der Waals surface area (Å²) in [6.45, 7) is 4.72. The predicted molar refractivity (Wildman–Crippen MR) is 130 cm³/mol. The summed E-state index contributed by atoms with van der Waals surface area (Å²) in [5, 5.41) is 4.02. The van der Waals surface area contributed by atoms with Crippen LogP contribution in [0.3, 0.4) is 0 Å². The van der Waals surface area contributed by atoms with Gasteiger partial charge in [-0.05, 0) is 37.3 Å². The van der Waals surface area contributed by atoms with E-state index in [1.807, 2.05) is 12.1 Å². The van der Waals surface area contributed by atoms with Crippen molar-refractivity contribution >= 4 is 11.6 Å². The minimum atomic E-state index is -0.121. The van der Waals surface area contributed by atoms with Crippen LogP contribution in [0.1, 0.15) is 12.8 Å². The zero-order valence-corrected chi connectivity index (χ0v) is 19.8. The number of rotatable bonds is 6. The maximum Gasteiger partial charge on any atom is 0.255 e. The highest BCUT2D eigenvalue weighted by Crippen LogP contribution is 2.26. The fourth-order valence-corrected chi connectivity index (χ4v) is 4.22. The lowest BCUT2D eigenvalue weighted by Gasteiger charge is -2.42. The van der Waals surface area contributed by atoms with Crippen molar-refractivity contribution < 1.29 is 9.26 Å². The molecule has 4 heterocycles. The number of aromatic nitrogens is 6. The van der Waals surface area contributed by atoms with Crippen LogP contribution in [-0.4, -0.2) is 62.4 Å². The van der Waals surface area contributed by atoms with Crippen LogP contribution in [0, 0.1) is 0 Å². The molecule has 1 atom stereocenters. The molecule has 0 saturated carbocycles. The Morgan fingerprint density at radius 3 is 2.66 bits per heavy atom. The van der Waals surface area contributed by atoms with Crippen LogP contribution in [0.15, 0.2) is 58.2 Å². The Morgan fingerprint density at radius 1 is 1.11 bits per heavy atom. The van der Waals surface area contributed by atoms with Crippen molar-refractivity contribution in [1.82, 2.24) is 29.7 Å². The molecule has 1 aromatic carbocycles. The van der Waals surface area contributed by atoms with Gasteiger partial charge in [0.1, 0.15) is 12.9 Å². The van der Waals surface area contributed by atoms with Crippen molar-refractivity contribution in [2.45, 2.75) is 19.6 Å². The van der Waals surface area contributed by atoms with Crippen molar-refractivity contribution in [2.75, 3.05) is 36.5 Å². The van der Waals surface area contributed by atoms with E-state index in [1.54, 1.807) is 31.0 Å². The van der Waals surface area contributed by atoms with E-state index in [1.165, 1.54) is 12.4 Å². The Kier molecular flexibility index (Phi) is 6.23. The number of hydrogen-bond donors (Lipinski definition) is 0. The number of piperazine rings is 1. The number of methoxy groups -OCH3 is 1. The van der Waals surface area contributed by atoms with Gasteiger partial charge in [-0.15, -0.1) is 0 Å². The van der Waals surface area contributed by atoms with Crippen LogP contribution in [0.25, 0.3) is 22.8 Å². The Balaban J connectivity index is 1.32. The molecule has 0 N–H and O–H groups in total. The van der Waals surface area contributed by atoms with Gasteiger partial charge in [-0.25, -0.2) is 15.0 Å². The summed E-state index contributed by atoms with van der Waals surface area (Å²) in [4.78, 5) is 34.5. The van der Waals surface area contributed by atoms with E-state index in [9.17, 15) is 4.79 Å². The molecule has 3 aromatic heterocycles. The minimum absolute atomic E-state index is 0.121. The Morgan fingerprint density at radius 2 is 1.94 bits per heavy atom. The normalized spacial score (nSPS) is 16.0. The zero-order chi connectivity index (χ0) is 24.4. The molecule has 11 nitrogen and oxygen atoms in total. The van der Waals surface area contributed by atoms with E-state index in [4.69, 9.17) is 14.2 Å². The Labute approximate surface area is 202 Å². The second-order valence-electron chi connectivity index (χ2n) is 8.41. The smallest absolute Gasteiger partial charge is 0.255 e. The summed E-state index contributed by atoms with van der Waals surface area (Å²) in [5.74, 6) is 1.62. The number of hydrogen-bond acceptors (Lipinski definition) is 10. The largest absolute Gasteiger partial charge is 0.375 e. The van der Waals surface area contributed by atoms with E-state index in [0.29, 0.717) is 29.1 Å². The minimum Gasteiger partial charge on any atom is -0.375 e. The van der Waals surface area contributed by atoms with Crippen LogP contribution in [0.4, 0.5) is 11.6 Å². The average molecular weight is 475 g/mol. The van der Waals surface area contributed by atoms with E-state index in [0.717, 1.165) is 30.9 Å². The summed E-state index contributed by atoms with van der Waals surface area (Å²) < 4.78 is 11.8. The zero-order valence-electron chi connectivity index (χ0n) is 19.8. The second-order valence-corrected chi connectivity index (χ2v) is 8.41. The highest BCUT2D eigenvalue weighted by atomic mass is 16.5. The molecule has 180 valence electrons. The van der Waals surface area contributed by atoms with Gasteiger partial charge in [0, 0.05) is 63.3 Å². The Hall–Kier alpha value is -4.12. The first kappa shape index (κ1) is 22.7. The lowest BCUT2D eigenvalue weighted by molar-refractivity contribution is 0.151. The number of benzene rings is 1. The molecule has 0 aliphatic carbocycles. The molecule has 0 bridgehead atoms. The molecule has 5 rings (SSSR count). The van der Waals surface area contributed by atoms with Crippen LogP contribution in [0.5, 0.6) is 0 Å². The lowest BCUT2D eigenvalue weighted by atomic mass is 10.1. The van der Waals surface area contributed by atoms with E-state index >= 15 is 0 Å². The number of anilines is 2. The third-order valence-corrected chi connectivity index (χ3v) is 6.07. The maximum atomic E-state index is 12.7. The Bertz CT molecular complexity index is 1350. The van der Waals surface area contributed by atoms with Crippen molar-refractivity contribution in [3.63, 3.8) is 0 Å². The molecule has 0 radical (unpaired) electrons. The van der Waals surface area contributed by atoms with Gasteiger partial charge in [-0.1, -0.05) is 5.16 Å². The van der Waals surface area contributed by atoms with Gasteiger partial charge >= 0.3 is 0 Å². The molecule has 0 unspecified atom stereocenters. The van der Waals surface area contributed by atoms with Gasteiger partial charge in [0.05, 0.1) is 11.4 Å². The van der Waals surface area contributed by atoms with Gasteiger partial charge in [0.2, 0.25) is 11.8 Å². The number of nitrogens with zero attached hydrogens (tertiary/aromatic N) is 8. The van der Waals surface area contributed by atoms with Gasteiger partial charge in [-0.2, -0.15) is 4.98 Å². The fourth-order valence-electron chi connectivity index (χ4n) is 4.22. The monoisotopic (exact) mass is 474 g/mol. The van der Waals surface area contributed by atoms with Crippen LogP contribution < -0.4 is 15.4 Å². The third-order valence-electron chi connectivity index (χ3n) is 6.07. The van der Waals surface area contributed by atoms with E-state index < -0.39 is 0 Å². The van der Waals surface area contributed by atoms with Crippen molar-refractivity contribution in [3.05, 3.63) is 65.2 Å². The summed E-state index contributed by atoms with van der Waals surface area (Å²) in [5.41, 5.74) is 3.04.